The van der Waals surface area contributed by atoms with Crippen molar-refractivity contribution in [2.45, 2.75) is 19.5 Å². The monoisotopic (exact) mass is 463 g/mol. The lowest BCUT2D eigenvalue weighted by molar-refractivity contribution is -0.117. The minimum Gasteiger partial charge on any atom is -0.378 e. The van der Waals surface area contributed by atoms with Crippen LogP contribution in [0.25, 0.3) is 5.69 Å². The molecule has 3 aromatic rings. The van der Waals surface area contributed by atoms with E-state index < -0.39 is 6.04 Å². The maximum absolute atomic E-state index is 13.3. The van der Waals surface area contributed by atoms with Crippen molar-refractivity contribution in [3.05, 3.63) is 82.3 Å². The molecule has 0 spiro atoms. The van der Waals surface area contributed by atoms with E-state index in [0.29, 0.717) is 31.9 Å². The Balaban J connectivity index is 1.66. The number of amides is 2. The van der Waals surface area contributed by atoms with Crippen LogP contribution >= 0.6 is 0 Å². The third-order valence-corrected chi connectivity index (χ3v) is 5.89. The first kappa shape index (κ1) is 23.5. The topological polar surface area (TPSA) is 97.6 Å². The molecule has 34 heavy (non-hydrogen) atoms. The van der Waals surface area contributed by atoms with Crippen LogP contribution in [-0.2, 0) is 16.1 Å². The number of nitrogens with zero attached hydrogens (tertiary/aromatic N) is 3. The SMILES string of the molecule is CN[C@@H](C)C(=O)Nc1cn(-c2ccccc2)n(Cc2cccc(C(=O)N3CCOCC3)c2)c1=O. The molecule has 4 rings (SSSR count). The van der Waals surface area contributed by atoms with E-state index in [-0.39, 0.29) is 29.6 Å². The summed E-state index contributed by atoms with van der Waals surface area (Å²) >= 11 is 0. The molecule has 0 radical (unpaired) electrons. The van der Waals surface area contributed by atoms with Gasteiger partial charge in [0.1, 0.15) is 5.69 Å². The smallest absolute Gasteiger partial charge is 0.291 e. The number of benzene rings is 2. The van der Waals surface area contributed by atoms with Crippen LogP contribution in [0, 0.1) is 0 Å². The van der Waals surface area contributed by atoms with Gasteiger partial charge < -0.3 is 20.3 Å². The Hall–Kier alpha value is -3.69. The third-order valence-electron chi connectivity index (χ3n) is 5.89. The first-order valence-electron chi connectivity index (χ1n) is 11.3. The average molecular weight is 464 g/mol. The van der Waals surface area contributed by atoms with Gasteiger partial charge in [0.15, 0.2) is 0 Å². The van der Waals surface area contributed by atoms with Gasteiger partial charge in [-0.3, -0.25) is 19.1 Å². The molecule has 178 valence electrons. The van der Waals surface area contributed by atoms with E-state index in [4.69, 9.17) is 4.74 Å². The van der Waals surface area contributed by atoms with Gasteiger partial charge in [0.05, 0.1) is 37.7 Å². The molecule has 1 saturated heterocycles. The number of likely N-dealkylation sites (N-methyl/N-ethyl adjacent to an activating group) is 1. The molecule has 9 nitrogen and oxygen atoms in total. The highest BCUT2D eigenvalue weighted by Crippen LogP contribution is 2.15. The van der Waals surface area contributed by atoms with E-state index in [1.165, 1.54) is 0 Å². The Morgan fingerprint density at radius 3 is 2.50 bits per heavy atom. The Morgan fingerprint density at radius 2 is 1.79 bits per heavy atom. The van der Waals surface area contributed by atoms with Gasteiger partial charge in [-0.1, -0.05) is 30.3 Å². The molecule has 0 aliphatic carbocycles. The molecule has 9 heteroatoms. The summed E-state index contributed by atoms with van der Waals surface area (Å²) < 4.78 is 8.61. The molecule has 2 aromatic carbocycles. The van der Waals surface area contributed by atoms with Crippen LogP contribution in [0.1, 0.15) is 22.8 Å². The molecule has 2 N–H and O–H groups in total. The van der Waals surface area contributed by atoms with E-state index in [9.17, 15) is 14.4 Å². The molecule has 1 aliphatic rings. The first-order chi connectivity index (χ1) is 16.5. The molecule has 1 aromatic heterocycles. The van der Waals surface area contributed by atoms with Crippen LogP contribution in [0.5, 0.6) is 0 Å². The second-order valence-electron chi connectivity index (χ2n) is 8.19. The van der Waals surface area contributed by atoms with Crippen molar-refractivity contribution in [3.8, 4) is 5.69 Å². The Bertz CT molecular complexity index is 1210. The van der Waals surface area contributed by atoms with Gasteiger partial charge >= 0.3 is 0 Å². The van der Waals surface area contributed by atoms with Crippen LogP contribution in [0.3, 0.4) is 0 Å². The van der Waals surface area contributed by atoms with E-state index in [2.05, 4.69) is 10.6 Å². The lowest BCUT2D eigenvalue weighted by Gasteiger charge is -2.27. The summed E-state index contributed by atoms with van der Waals surface area (Å²) in [6.07, 6.45) is 1.63. The minimum absolute atomic E-state index is 0.0510. The summed E-state index contributed by atoms with van der Waals surface area (Å²) in [6.45, 7) is 4.15. The molecular formula is C25H29N5O4. The number of rotatable bonds is 7. The lowest BCUT2D eigenvalue weighted by atomic mass is 10.1. The van der Waals surface area contributed by atoms with Crippen molar-refractivity contribution < 1.29 is 14.3 Å². The summed E-state index contributed by atoms with van der Waals surface area (Å²) in [5.74, 6) is -0.347. The average Bonchev–Trinajstić information content (AvgIpc) is 3.18. The second kappa shape index (κ2) is 10.5. The fourth-order valence-electron chi connectivity index (χ4n) is 3.81. The van der Waals surface area contributed by atoms with E-state index in [1.54, 1.807) is 40.5 Å². The highest BCUT2D eigenvalue weighted by atomic mass is 16.5. The standard InChI is InChI=1S/C25H29N5O4/c1-18(26-2)23(31)27-22-17-29(21-9-4-3-5-10-21)30(25(22)33)16-19-7-6-8-20(15-19)24(32)28-11-13-34-14-12-28/h3-10,15,17-18,26H,11-14,16H2,1-2H3,(H,27,31)/t18-/m0/s1. The van der Waals surface area contributed by atoms with Gasteiger partial charge in [0, 0.05) is 18.7 Å². The largest absolute Gasteiger partial charge is 0.378 e. The van der Waals surface area contributed by atoms with Gasteiger partial charge in [-0.25, -0.2) is 4.68 Å². The predicted octanol–water partition coefficient (Wildman–Crippen LogP) is 1.71. The molecule has 1 atom stereocenters. The number of carbonyl (C=O) groups excluding carboxylic acids is 2. The Morgan fingerprint density at radius 1 is 1.06 bits per heavy atom. The van der Waals surface area contributed by atoms with Crippen molar-refractivity contribution in [2.75, 3.05) is 38.7 Å². The zero-order chi connectivity index (χ0) is 24.1. The fourth-order valence-corrected chi connectivity index (χ4v) is 3.81. The van der Waals surface area contributed by atoms with Crippen molar-refractivity contribution in [1.29, 1.82) is 0 Å². The van der Waals surface area contributed by atoms with E-state index >= 15 is 0 Å². The van der Waals surface area contributed by atoms with Gasteiger partial charge in [0.25, 0.3) is 11.5 Å². The number of ether oxygens (including phenoxy) is 1. The van der Waals surface area contributed by atoms with Crippen LogP contribution in [0.2, 0.25) is 0 Å². The zero-order valence-corrected chi connectivity index (χ0v) is 19.4. The fraction of sp³-hybridized carbons (Fsp3) is 0.320. The minimum atomic E-state index is -0.448. The Labute approximate surface area is 197 Å². The molecule has 0 bridgehead atoms. The second-order valence-corrected chi connectivity index (χ2v) is 8.19. The van der Waals surface area contributed by atoms with Gasteiger partial charge in [-0.2, -0.15) is 0 Å². The van der Waals surface area contributed by atoms with Crippen molar-refractivity contribution >= 4 is 17.5 Å². The number of carbonyl (C=O) groups is 2. The summed E-state index contributed by atoms with van der Waals surface area (Å²) in [6, 6.07) is 16.3. The maximum Gasteiger partial charge on any atom is 0.291 e. The summed E-state index contributed by atoms with van der Waals surface area (Å²) in [5, 5.41) is 5.59. The molecule has 0 unspecified atom stereocenters. The number of nitrogens with one attached hydrogen (secondary N) is 2. The number of para-hydroxylation sites is 1. The molecule has 1 aliphatic heterocycles. The first-order valence-corrected chi connectivity index (χ1v) is 11.3. The Kier molecular flexibility index (Phi) is 7.24. The van der Waals surface area contributed by atoms with Crippen LogP contribution in [0.4, 0.5) is 5.69 Å². The quantitative estimate of drug-likeness (QED) is 0.556. The number of morpholine rings is 1. The highest BCUT2D eigenvalue weighted by molar-refractivity contribution is 5.95. The number of hydrogen-bond acceptors (Lipinski definition) is 5. The third kappa shape index (κ3) is 5.11. The van der Waals surface area contributed by atoms with Crippen LogP contribution < -0.4 is 16.2 Å². The molecule has 2 amide bonds. The number of anilines is 1. The van der Waals surface area contributed by atoms with E-state index in [0.717, 1.165) is 11.3 Å². The molecule has 1 fully saturated rings. The normalized spacial score (nSPS) is 14.6. The van der Waals surface area contributed by atoms with Crippen LogP contribution in [-0.4, -0.2) is 65.5 Å². The van der Waals surface area contributed by atoms with Gasteiger partial charge in [-0.15, -0.1) is 0 Å². The van der Waals surface area contributed by atoms with E-state index in [1.807, 2.05) is 48.5 Å². The van der Waals surface area contributed by atoms with Crippen molar-refractivity contribution in [3.63, 3.8) is 0 Å². The summed E-state index contributed by atoms with van der Waals surface area (Å²) in [5.41, 5.74) is 2.02. The predicted molar refractivity (Wildman–Crippen MR) is 129 cm³/mol. The highest BCUT2D eigenvalue weighted by Gasteiger charge is 2.20. The zero-order valence-electron chi connectivity index (χ0n) is 19.4. The van der Waals surface area contributed by atoms with Gasteiger partial charge in [0.2, 0.25) is 5.91 Å². The summed E-state index contributed by atoms with van der Waals surface area (Å²) in [4.78, 5) is 40.4. The summed E-state index contributed by atoms with van der Waals surface area (Å²) in [7, 11) is 1.68. The van der Waals surface area contributed by atoms with Crippen LogP contribution in [0.15, 0.2) is 65.6 Å². The lowest BCUT2D eigenvalue weighted by Crippen LogP contribution is -2.40. The molecular weight excluding hydrogens is 434 g/mol. The maximum atomic E-state index is 13.3. The van der Waals surface area contributed by atoms with Crippen molar-refractivity contribution in [1.82, 2.24) is 19.6 Å². The molecule has 2 heterocycles. The van der Waals surface area contributed by atoms with Gasteiger partial charge in [-0.05, 0) is 43.8 Å². The molecule has 0 saturated carbocycles. The number of aromatic nitrogens is 2. The number of hydrogen-bond donors (Lipinski definition) is 2. The van der Waals surface area contributed by atoms with Crippen molar-refractivity contribution in [2.24, 2.45) is 0 Å².